The van der Waals surface area contributed by atoms with Crippen LogP contribution in [0.5, 0.6) is 0 Å². The van der Waals surface area contributed by atoms with Crippen molar-refractivity contribution in [3.8, 4) is 0 Å². The maximum atomic E-state index is 11.1. The molecule has 2 aromatic heterocycles. The van der Waals surface area contributed by atoms with E-state index in [-0.39, 0.29) is 5.56 Å². The molecule has 0 fully saturated rings. The van der Waals surface area contributed by atoms with Crippen molar-refractivity contribution in [1.82, 2.24) is 15.0 Å². The molecule has 0 bridgehead atoms. The van der Waals surface area contributed by atoms with Gasteiger partial charge in [0.1, 0.15) is 10.8 Å². The van der Waals surface area contributed by atoms with Gasteiger partial charge in [-0.3, -0.25) is 4.79 Å². The van der Waals surface area contributed by atoms with Gasteiger partial charge in [0.05, 0.1) is 0 Å². The van der Waals surface area contributed by atoms with Crippen LogP contribution < -0.4 is 10.9 Å². The predicted molar refractivity (Wildman–Crippen MR) is 72.0 cm³/mol. The summed E-state index contributed by atoms with van der Waals surface area (Å²) in [6, 6.07) is 7.11. The third kappa shape index (κ3) is 3.59. The molecule has 0 aliphatic rings. The summed E-state index contributed by atoms with van der Waals surface area (Å²) in [5.41, 5.74) is -0.159. The lowest BCUT2D eigenvalue weighted by molar-refractivity contribution is 0.929. The number of nitrogens with zero attached hydrogens (tertiary/aromatic N) is 2. The van der Waals surface area contributed by atoms with Gasteiger partial charge in [-0.1, -0.05) is 13.0 Å². The van der Waals surface area contributed by atoms with Crippen LogP contribution in [0.2, 0.25) is 0 Å². The average Bonchev–Trinajstić information content (AvgIpc) is 2.37. The molecule has 0 amide bonds. The molecule has 5 nitrogen and oxygen atoms in total. The minimum Gasteiger partial charge on any atom is -0.370 e. The number of hydrogen-bond acceptors (Lipinski definition) is 5. The molecule has 2 heterocycles. The Hall–Kier alpha value is -1.82. The van der Waals surface area contributed by atoms with E-state index in [9.17, 15) is 4.79 Å². The van der Waals surface area contributed by atoms with Crippen LogP contribution in [0.15, 0.2) is 45.4 Å². The van der Waals surface area contributed by atoms with Crippen LogP contribution in [0.3, 0.4) is 0 Å². The fraction of sp³-hybridized carbons (Fsp3) is 0.250. The molecular formula is C12H14N4OS. The van der Waals surface area contributed by atoms with Gasteiger partial charge in [-0.15, -0.1) is 0 Å². The van der Waals surface area contributed by atoms with Crippen molar-refractivity contribution in [1.29, 1.82) is 0 Å². The monoisotopic (exact) mass is 262 g/mol. The largest absolute Gasteiger partial charge is 0.370 e. The molecule has 2 rings (SSSR count). The van der Waals surface area contributed by atoms with Crippen LogP contribution in [-0.4, -0.2) is 21.5 Å². The van der Waals surface area contributed by atoms with Crippen molar-refractivity contribution < 1.29 is 0 Å². The number of H-pyrrole nitrogens is 1. The number of aromatic nitrogens is 3. The minimum absolute atomic E-state index is 0.159. The van der Waals surface area contributed by atoms with E-state index in [1.165, 1.54) is 24.0 Å². The standard InChI is InChI=1S/C12H14N4OS/c1-2-7-13-9-4-3-5-11(15-9)18-12-14-8-6-10(17)16-12/h3-6,8H,2,7H2,1H3,(H,13,15)(H,14,16,17). The number of hydrogen-bond donors (Lipinski definition) is 2. The SMILES string of the molecule is CCCNc1cccc(Sc2nccc(=O)[nH]2)n1. The molecule has 0 unspecified atom stereocenters. The highest BCUT2D eigenvalue weighted by molar-refractivity contribution is 7.99. The molecule has 0 aromatic carbocycles. The number of pyridine rings is 1. The van der Waals surface area contributed by atoms with E-state index < -0.39 is 0 Å². The molecule has 0 spiro atoms. The summed E-state index contributed by atoms with van der Waals surface area (Å²) in [7, 11) is 0. The Morgan fingerprint density at radius 3 is 3.06 bits per heavy atom. The zero-order chi connectivity index (χ0) is 12.8. The number of rotatable bonds is 5. The smallest absolute Gasteiger partial charge is 0.251 e. The van der Waals surface area contributed by atoms with E-state index in [1.807, 2.05) is 18.2 Å². The number of anilines is 1. The zero-order valence-corrected chi connectivity index (χ0v) is 10.8. The molecule has 0 atom stereocenters. The van der Waals surface area contributed by atoms with E-state index in [1.54, 1.807) is 0 Å². The lowest BCUT2D eigenvalue weighted by atomic mass is 10.4. The first-order valence-electron chi connectivity index (χ1n) is 5.72. The van der Waals surface area contributed by atoms with Crippen molar-refractivity contribution in [2.45, 2.75) is 23.5 Å². The molecule has 2 aromatic rings. The Labute approximate surface area is 109 Å². The minimum atomic E-state index is -0.159. The second-order valence-corrected chi connectivity index (χ2v) is 4.64. The van der Waals surface area contributed by atoms with Gasteiger partial charge >= 0.3 is 0 Å². The molecular weight excluding hydrogens is 248 g/mol. The van der Waals surface area contributed by atoms with Crippen LogP contribution in [0.4, 0.5) is 5.82 Å². The Morgan fingerprint density at radius 1 is 1.39 bits per heavy atom. The summed E-state index contributed by atoms with van der Waals surface area (Å²) in [6.07, 6.45) is 2.53. The first-order chi connectivity index (χ1) is 8.78. The molecule has 0 aliphatic carbocycles. The summed E-state index contributed by atoms with van der Waals surface area (Å²) in [5.74, 6) is 0.833. The quantitative estimate of drug-likeness (QED) is 0.808. The Kier molecular flexibility index (Phi) is 4.35. The summed E-state index contributed by atoms with van der Waals surface area (Å²) in [6.45, 7) is 2.99. The second-order valence-electron chi connectivity index (χ2n) is 3.63. The summed E-state index contributed by atoms with van der Waals surface area (Å²) in [5, 5.41) is 4.56. The van der Waals surface area contributed by atoms with E-state index in [2.05, 4.69) is 27.2 Å². The molecule has 6 heteroatoms. The maximum absolute atomic E-state index is 11.1. The van der Waals surface area contributed by atoms with Gasteiger partial charge in [-0.05, 0) is 30.3 Å². The van der Waals surface area contributed by atoms with Gasteiger partial charge in [-0.25, -0.2) is 9.97 Å². The van der Waals surface area contributed by atoms with Crippen molar-refractivity contribution in [3.63, 3.8) is 0 Å². The topological polar surface area (TPSA) is 70.7 Å². The van der Waals surface area contributed by atoms with Gasteiger partial charge in [0.25, 0.3) is 5.56 Å². The van der Waals surface area contributed by atoms with E-state index in [0.717, 1.165) is 23.8 Å². The predicted octanol–water partition coefficient (Wildman–Crippen LogP) is 2.14. The summed E-state index contributed by atoms with van der Waals surface area (Å²) in [4.78, 5) is 22.3. The van der Waals surface area contributed by atoms with Gasteiger partial charge in [0.2, 0.25) is 0 Å². The molecule has 18 heavy (non-hydrogen) atoms. The number of aromatic amines is 1. The molecule has 0 aliphatic heterocycles. The average molecular weight is 262 g/mol. The highest BCUT2D eigenvalue weighted by Gasteiger charge is 2.02. The molecule has 0 saturated carbocycles. The molecule has 94 valence electrons. The third-order valence-electron chi connectivity index (χ3n) is 2.13. The van der Waals surface area contributed by atoms with Gasteiger partial charge in [0, 0.05) is 18.8 Å². The zero-order valence-electron chi connectivity index (χ0n) is 10.0. The normalized spacial score (nSPS) is 10.3. The highest BCUT2D eigenvalue weighted by Crippen LogP contribution is 2.22. The molecule has 2 N–H and O–H groups in total. The van der Waals surface area contributed by atoms with E-state index in [4.69, 9.17) is 0 Å². The first-order valence-corrected chi connectivity index (χ1v) is 6.53. The van der Waals surface area contributed by atoms with Gasteiger partial charge in [-0.2, -0.15) is 0 Å². The fourth-order valence-corrected chi connectivity index (χ4v) is 2.08. The van der Waals surface area contributed by atoms with Crippen molar-refractivity contribution in [2.24, 2.45) is 0 Å². The summed E-state index contributed by atoms with van der Waals surface area (Å²) < 4.78 is 0. The first kappa shape index (κ1) is 12.6. The van der Waals surface area contributed by atoms with Gasteiger partial charge in [0.15, 0.2) is 5.16 Å². The Balaban J connectivity index is 2.11. The number of nitrogens with one attached hydrogen (secondary N) is 2. The van der Waals surface area contributed by atoms with E-state index >= 15 is 0 Å². The lowest BCUT2D eigenvalue weighted by Crippen LogP contribution is -2.05. The Morgan fingerprint density at radius 2 is 2.28 bits per heavy atom. The highest BCUT2D eigenvalue weighted by atomic mass is 32.2. The molecule has 0 saturated heterocycles. The van der Waals surface area contributed by atoms with Crippen molar-refractivity contribution >= 4 is 17.6 Å². The van der Waals surface area contributed by atoms with Crippen LogP contribution in [-0.2, 0) is 0 Å². The van der Waals surface area contributed by atoms with Crippen molar-refractivity contribution in [2.75, 3.05) is 11.9 Å². The maximum Gasteiger partial charge on any atom is 0.251 e. The molecule has 0 radical (unpaired) electrons. The third-order valence-corrected chi connectivity index (χ3v) is 2.97. The second kappa shape index (κ2) is 6.20. The van der Waals surface area contributed by atoms with Crippen LogP contribution >= 0.6 is 11.8 Å². The van der Waals surface area contributed by atoms with Crippen molar-refractivity contribution in [3.05, 3.63) is 40.8 Å². The van der Waals surface area contributed by atoms with Crippen LogP contribution in [0, 0.1) is 0 Å². The van der Waals surface area contributed by atoms with Gasteiger partial charge < -0.3 is 10.3 Å². The van der Waals surface area contributed by atoms with E-state index in [0.29, 0.717) is 5.16 Å². The fourth-order valence-electron chi connectivity index (χ4n) is 1.33. The lowest BCUT2D eigenvalue weighted by Gasteiger charge is -2.05. The van der Waals surface area contributed by atoms with Crippen LogP contribution in [0.1, 0.15) is 13.3 Å². The van der Waals surface area contributed by atoms with Crippen LogP contribution in [0.25, 0.3) is 0 Å². The summed E-state index contributed by atoms with van der Waals surface area (Å²) >= 11 is 1.33. The Bertz CT molecular complexity index is 570.